The van der Waals surface area contributed by atoms with Crippen molar-refractivity contribution < 1.29 is 0 Å². The van der Waals surface area contributed by atoms with Gasteiger partial charge in [-0.05, 0) is 17.0 Å². The minimum Gasteiger partial charge on any atom is -0.143 e. The lowest BCUT2D eigenvalue weighted by Gasteiger charge is -2.36. The Hall–Kier alpha value is 0.440. The van der Waals surface area contributed by atoms with E-state index in [9.17, 15) is 0 Å². The normalized spacial score (nSPS) is 14.9. The average Bonchev–Trinajstić information content (AvgIpc) is 2.03. The van der Waals surface area contributed by atoms with Gasteiger partial charge >= 0.3 is 0 Å². The molecule has 0 bridgehead atoms. The second-order valence-corrected chi connectivity index (χ2v) is 7.75. The van der Waals surface area contributed by atoms with Crippen LogP contribution in [0.4, 0.5) is 0 Å². The molecule has 1 unspecified atom stereocenters. The van der Waals surface area contributed by atoms with Crippen molar-refractivity contribution in [1.82, 2.24) is 0 Å². The predicted octanol–water partition coefficient (Wildman–Crippen LogP) is 5.48. The van der Waals surface area contributed by atoms with Gasteiger partial charge in [0.1, 0.15) is 0 Å². The SMILES string of the molecule is CC(C)(C)C(c1ccccc1S)C(Cl)(Cl)Cl. The molecule has 4 heteroatoms. The fraction of sp³-hybridized carbons (Fsp3) is 0.500. The highest BCUT2D eigenvalue weighted by atomic mass is 35.6. The molecule has 0 aromatic heterocycles. The Morgan fingerprint density at radius 1 is 1.06 bits per heavy atom. The van der Waals surface area contributed by atoms with Gasteiger partial charge in [0.25, 0.3) is 0 Å². The van der Waals surface area contributed by atoms with Gasteiger partial charge in [-0.3, -0.25) is 0 Å². The van der Waals surface area contributed by atoms with Crippen LogP contribution >= 0.6 is 47.4 Å². The first-order chi connectivity index (χ1) is 7.14. The molecule has 1 aromatic carbocycles. The van der Waals surface area contributed by atoms with E-state index in [0.29, 0.717) is 0 Å². The maximum absolute atomic E-state index is 6.09. The molecule has 0 saturated carbocycles. The van der Waals surface area contributed by atoms with E-state index in [0.717, 1.165) is 10.5 Å². The third-order valence-corrected chi connectivity index (χ3v) is 3.50. The molecule has 0 aliphatic carbocycles. The maximum atomic E-state index is 6.09. The van der Waals surface area contributed by atoms with E-state index in [1.807, 2.05) is 24.3 Å². The summed E-state index contributed by atoms with van der Waals surface area (Å²) < 4.78 is -1.34. The Morgan fingerprint density at radius 3 is 1.94 bits per heavy atom. The van der Waals surface area contributed by atoms with Crippen LogP contribution in [-0.2, 0) is 0 Å². The van der Waals surface area contributed by atoms with E-state index in [1.165, 1.54) is 0 Å². The summed E-state index contributed by atoms with van der Waals surface area (Å²) in [5, 5.41) is 0. The number of benzene rings is 1. The molecule has 90 valence electrons. The predicted molar refractivity (Wildman–Crippen MR) is 76.2 cm³/mol. The highest BCUT2D eigenvalue weighted by Gasteiger charge is 2.42. The average molecular weight is 298 g/mol. The molecule has 1 aromatic rings. The van der Waals surface area contributed by atoms with Crippen LogP contribution in [0.25, 0.3) is 0 Å². The number of thiol groups is 1. The molecule has 0 saturated heterocycles. The standard InChI is InChI=1S/C12H15Cl3S/c1-11(2,3)10(12(13,14)15)8-6-4-5-7-9(8)16/h4-7,10,16H,1-3H3. The van der Waals surface area contributed by atoms with E-state index >= 15 is 0 Å². The fourth-order valence-electron chi connectivity index (χ4n) is 1.87. The lowest BCUT2D eigenvalue weighted by Crippen LogP contribution is -2.30. The zero-order valence-electron chi connectivity index (χ0n) is 9.47. The quantitative estimate of drug-likeness (QED) is 0.515. The molecule has 1 atom stereocenters. The lowest BCUT2D eigenvalue weighted by atomic mass is 9.77. The molecule has 0 spiro atoms. The Bertz CT molecular complexity index is 349. The van der Waals surface area contributed by atoms with Crippen molar-refractivity contribution in [3.05, 3.63) is 29.8 Å². The molecule has 1 rings (SSSR count). The summed E-state index contributed by atoms with van der Waals surface area (Å²) in [6, 6.07) is 7.72. The van der Waals surface area contributed by atoms with Crippen molar-refractivity contribution in [3.63, 3.8) is 0 Å². The van der Waals surface area contributed by atoms with Gasteiger partial charge in [-0.15, -0.1) is 12.6 Å². The molecule has 0 aliphatic rings. The van der Waals surface area contributed by atoms with Crippen LogP contribution in [0.5, 0.6) is 0 Å². The molecule has 0 nitrogen and oxygen atoms in total. The monoisotopic (exact) mass is 296 g/mol. The third kappa shape index (κ3) is 3.46. The van der Waals surface area contributed by atoms with E-state index in [1.54, 1.807) is 0 Å². The van der Waals surface area contributed by atoms with Gasteiger partial charge < -0.3 is 0 Å². The van der Waals surface area contributed by atoms with Gasteiger partial charge in [-0.25, -0.2) is 0 Å². The summed E-state index contributed by atoms with van der Waals surface area (Å²) in [4.78, 5) is 0.855. The lowest BCUT2D eigenvalue weighted by molar-refractivity contribution is 0.319. The van der Waals surface area contributed by atoms with Crippen LogP contribution in [-0.4, -0.2) is 3.79 Å². The van der Waals surface area contributed by atoms with Gasteiger partial charge in [0, 0.05) is 10.8 Å². The van der Waals surface area contributed by atoms with Crippen LogP contribution < -0.4 is 0 Å². The van der Waals surface area contributed by atoms with Gasteiger partial charge in [-0.1, -0.05) is 73.8 Å². The highest BCUT2D eigenvalue weighted by molar-refractivity contribution is 7.80. The van der Waals surface area contributed by atoms with Crippen LogP contribution in [0.15, 0.2) is 29.2 Å². The summed E-state index contributed by atoms with van der Waals surface area (Å²) in [5.74, 6) is -0.196. The first kappa shape index (κ1) is 14.5. The molecule has 0 fully saturated rings. The molecule has 0 radical (unpaired) electrons. The van der Waals surface area contributed by atoms with Gasteiger partial charge in [0.05, 0.1) is 0 Å². The maximum Gasteiger partial charge on any atom is 0.197 e. The topological polar surface area (TPSA) is 0 Å². The molecular formula is C12H15Cl3S. The van der Waals surface area contributed by atoms with Crippen LogP contribution in [0, 0.1) is 5.41 Å². The van der Waals surface area contributed by atoms with Gasteiger partial charge in [0.15, 0.2) is 3.79 Å². The highest BCUT2D eigenvalue weighted by Crippen LogP contribution is 2.52. The van der Waals surface area contributed by atoms with E-state index < -0.39 is 3.79 Å². The van der Waals surface area contributed by atoms with Crippen molar-refractivity contribution in [2.24, 2.45) is 5.41 Å². The number of hydrogen-bond acceptors (Lipinski definition) is 1. The van der Waals surface area contributed by atoms with Gasteiger partial charge in [0.2, 0.25) is 0 Å². The van der Waals surface area contributed by atoms with Crippen LogP contribution in [0.3, 0.4) is 0 Å². The number of hydrogen-bond donors (Lipinski definition) is 1. The summed E-state index contributed by atoms with van der Waals surface area (Å²) in [6.07, 6.45) is 0. The molecule has 0 amide bonds. The van der Waals surface area contributed by atoms with Crippen LogP contribution in [0.1, 0.15) is 32.3 Å². The minimum absolute atomic E-state index is 0.149. The molecule has 0 N–H and O–H groups in total. The Labute approximate surface area is 118 Å². The molecular weight excluding hydrogens is 283 g/mol. The van der Waals surface area contributed by atoms with Crippen LogP contribution in [0.2, 0.25) is 0 Å². The second-order valence-electron chi connectivity index (χ2n) is 4.90. The second kappa shape index (κ2) is 4.97. The van der Waals surface area contributed by atoms with E-state index in [2.05, 4.69) is 33.4 Å². The number of halogens is 3. The third-order valence-electron chi connectivity index (χ3n) is 2.44. The molecule has 16 heavy (non-hydrogen) atoms. The summed E-state index contributed by atoms with van der Waals surface area (Å²) in [5.41, 5.74) is 0.822. The van der Waals surface area contributed by atoms with Crippen molar-refractivity contribution in [2.45, 2.75) is 35.4 Å². The number of rotatable bonds is 1. The summed E-state index contributed by atoms with van der Waals surface area (Å²) >= 11 is 22.7. The number of alkyl halides is 3. The Kier molecular flexibility index (Phi) is 4.51. The summed E-state index contributed by atoms with van der Waals surface area (Å²) in [7, 11) is 0. The first-order valence-corrected chi connectivity index (χ1v) is 6.57. The summed E-state index contributed by atoms with van der Waals surface area (Å²) in [6.45, 7) is 6.17. The minimum atomic E-state index is -1.34. The van der Waals surface area contributed by atoms with Crippen molar-refractivity contribution in [1.29, 1.82) is 0 Å². The largest absolute Gasteiger partial charge is 0.197 e. The first-order valence-electron chi connectivity index (χ1n) is 4.98. The van der Waals surface area contributed by atoms with Gasteiger partial charge in [-0.2, -0.15) is 0 Å². The van der Waals surface area contributed by atoms with Crippen molar-refractivity contribution in [2.75, 3.05) is 0 Å². The fourth-order valence-corrected chi connectivity index (χ4v) is 3.49. The smallest absolute Gasteiger partial charge is 0.143 e. The molecule has 0 heterocycles. The van der Waals surface area contributed by atoms with E-state index in [4.69, 9.17) is 34.8 Å². The molecule has 0 aliphatic heterocycles. The Balaban J connectivity index is 3.29. The Morgan fingerprint density at radius 2 is 1.56 bits per heavy atom. The van der Waals surface area contributed by atoms with Crippen molar-refractivity contribution >= 4 is 47.4 Å². The van der Waals surface area contributed by atoms with Crippen molar-refractivity contribution in [3.8, 4) is 0 Å². The van der Waals surface area contributed by atoms with E-state index in [-0.39, 0.29) is 11.3 Å². The zero-order chi connectivity index (χ0) is 12.6. The zero-order valence-corrected chi connectivity index (χ0v) is 12.6.